The molecule has 28 heavy (non-hydrogen) atoms. The second-order valence-corrected chi connectivity index (χ2v) is 7.55. The lowest BCUT2D eigenvalue weighted by molar-refractivity contribution is -0.118. The predicted molar refractivity (Wildman–Crippen MR) is 112 cm³/mol. The minimum atomic E-state index is -0.260. The zero-order valence-electron chi connectivity index (χ0n) is 16.0. The Morgan fingerprint density at radius 2 is 1.75 bits per heavy atom. The summed E-state index contributed by atoms with van der Waals surface area (Å²) in [5.41, 5.74) is 2.32. The molecular formula is C22H25ClN2O3. The van der Waals surface area contributed by atoms with Crippen LogP contribution in [0.15, 0.2) is 42.5 Å². The highest BCUT2D eigenvalue weighted by Crippen LogP contribution is 2.38. The van der Waals surface area contributed by atoms with E-state index in [1.165, 1.54) is 26.2 Å². The molecule has 1 aliphatic rings. The zero-order chi connectivity index (χ0) is 19.9. The molecule has 0 aliphatic heterocycles. The molecule has 2 N–H and O–H groups in total. The standard InChI is InChI=1S/C22H25ClN2O3/c1-15(26)24-18-8-5-9-19(13-18)25-22(27)14-28-21-11-10-17(23)12-20(21)16-6-3-2-4-7-16/h5,8-13,16H,2-4,6-7,14H2,1H3,(H,24,26)(H,25,27). The summed E-state index contributed by atoms with van der Waals surface area (Å²) in [6.07, 6.45) is 5.94. The molecule has 2 aromatic rings. The molecule has 2 aromatic carbocycles. The van der Waals surface area contributed by atoms with E-state index in [-0.39, 0.29) is 18.4 Å². The van der Waals surface area contributed by atoms with Gasteiger partial charge in [-0.2, -0.15) is 0 Å². The largest absolute Gasteiger partial charge is 0.483 e. The molecule has 0 radical (unpaired) electrons. The summed E-state index contributed by atoms with van der Waals surface area (Å²) in [7, 11) is 0. The van der Waals surface area contributed by atoms with Crippen LogP contribution >= 0.6 is 11.6 Å². The molecule has 0 aromatic heterocycles. The first-order chi connectivity index (χ1) is 13.5. The van der Waals surface area contributed by atoms with E-state index in [2.05, 4.69) is 10.6 Å². The van der Waals surface area contributed by atoms with E-state index in [0.717, 1.165) is 24.2 Å². The molecule has 1 aliphatic carbocycles. The number of nitrogens with one attached hydrogen (secondary N) is 2. The van der Waals surface area contributed by atoms with Crippen molar-refractivity contribution in [1.29, 1.82) is 0 Å². The topological polar surface area (TPSA) is 67.4 Å². The summed E-state index contributed by atoms with van der Waals surface area (Å²) < 4.78 is 5.83. The molecule has 2 amide bonds. The number of hydrogen-bond acceptors (Lipinski definition) is 3. The third kappa shape index (κ3) is 5.73. The monoisotopic (exact) mass is 400 g/mol. The first-order valence-corrected chi connectivity index (χ1v) is 9.99. The third-order valence-electron chi connectivity index (χ3n) is 4.84. The first-order valence-electron chi connectivity index (χ1n) is 9.61. The molecule has 1 saturated carbocycles. The average molecular weight is 401 g/mol. The number of rotatable bonds is 6. The van der Waals surface area contributed by atoms with Crippen LogP contribution in [0.4, 0.5) is 11.4 Å². The summed E-state index contributed by atoms with van der Waals surface area (Å²) in [5.74, 6) is 0.729. The number of hydrogen-bond donors (Lipinski definition) is 2. The van der Waals surface area contributed by atoms with E-state index in [0.29, 0.717) is 22.3 Å². The summed E-state index contributed by atoms with van der Waals surface area (Å²) in [5, 5.41) is 6.17. The number of ether oxygens (including phenoxy) is 1. The van der Waals surface area contributed by atoms with Crippen LogP contribution in [-0.2, 0) is 9.59 Å². The molecule has 6 heteroatoms. The number of halogens is 1. The van der Waals surface area contributed by atoms with Gasteiger partial charge < -0.3 is 15.4 Å². The van der Waals surface area contributed by atoms with Crippen molar-refractivity contribution < 1.29 is 14.3 Å². The van der Waals surface area contributed by atoms with E-state index in [4.69, 9.17) is 16.3 Å². The summed E-state index contributed by atoms with van der Waals surface area (Å²) in [6, 6.07) is 12.6. The maximum atomic E-state index is 12.3. The van der Waals surface area contributed by atoms with Gasteiger partial charge in [0.05, 0.1) is 0 Å². The molecular weight excluding hydrogens is 376 g/mol. The number of carbonyl (C=O) groups is 2. The molecule has 5 nitrogen and oxygen atoms in total. The number of benzene rings is 2. The van der Waals surface area contributed by atoms with Gasteiger partial charge >= 0.3 is 0 Å². The van der Waals surface area contributed by atoms with Gasteiger partial charge in [-0.05, 0) is 60.7 Å². The summed E-state index contributed by atoms with van der Waals surface area (Å²) in [4.78, 5) is 23.5. The highest BCUT2D eigenvalue weighted by Gasteiger charge is 2.20. The predicted octanol–water partition coefficient (Wildman–Crippen LogP) is 5.36. The Morgan fingerprint density at radius 3 is 2.46 bits per heavy atom. The van der Waals surface area contributed by atoms with Crippen molar-refractivity contribution in [1.82, 2.24) is 0 Å². The maximum Gasteiger partial charge on any atom is 0.262 e. The lowest BCUT2D eigenvalue weighted by atomic mass is 9.84. The van der Waals surface area contributed by atoms with E-state index < -0.39 is 0 Å². The Balaban J connectivity index is 1.62. The molecule has 148 valence electrons. The minimum absolute atomic E-state index is 0.0916. The van der Waals surface area contributed by atoms with Gasteiger partial charge in [0.15, 0.2) is 6.61 Å². The van der Waals surface area contributed by atoms with Gasteiger partial charge in [0.2, 0.25) is 5.91 Å². The molecule has 0 saturated heterocycles. The first kappa shape index (κ1) is 20.2. The quantitative estimate of drug-likeness (QED) is 0.685. The Hall–Kier alpha value is -2.53. The minimum Gasteiger partial charge on any atom is -0.483 e. The summed E-state index contributed by atoms with van der Waals surface area (Å²) in [6.45, 7) is 1.35. The van der Waals surface area contributed by atoms with E-state index in [1.54, 1.807) is 30.3 Å². The van der Waals surface area contributed by atoms with Crippen molar-refractivity contribution in [3.8, 4) is 5.75 Å². The van der Waals surface area contributed by atoms with Crippen molar-refractivity contribution in [2.45, 2.75) is 44.9 Å². The highest BCUT2D eigenvalue weighted by atomic mass is 35.5. The number of carbonyl (C=O) groups excluding carboxylic acids is 2. The number of amides is 2. The van der Waals surface area contributed by atoms with Crippen LogP contribution in [0.5, 0.6) is 5.75 Å². The third-order valence-corrected chi connectivity index (χ3v) is 5.08. The van der Waals surface area contributed by atoms with Crippen molar-refractivity contribution in [3.63, 3.8) is 0 Å². The van der Waals surface area contributed by atoms with Crippen LogP contribution in [0.1, 0.15) is 50.5 Å². The fraction of sp³-hybridized carbons (Fsp3) is 0.364. The smallest absolute Gasteiger partial charge is 0.262 e. The van der Waals surface area contributed by atoms with Gasteiger partial charge in [0, 0.05) is 23.3 Å². The van der Waals surface area contributed by atoms with Crippen LogP contribution in [0, 0.1) is 0 Å². The lowest BCUT2D eigenvalue weighted by Crippen LogP contribution is -2.21. The van der Waals surface area contributed by atoms with E-state index in [1.807, 2.05) is 12.1 Å². The molecule has 1 fully saturated rings. The second kappa shape index (κ2) is 9.60. The molecule has 3 rings (SSSR count). The van der Waals surface area contributed by atoms with Gasteiger partial charge in [0.25, 0.3) is 5.91 Å². The van der Waals surface area contributed by atoms with Crippen LogP contribution in [0.2, 0.25) is 5.02 Å². The molecule has 0 atom stereocenters. The van der Waals surface area contributed by atoms with Crippen LogP contribution in [0.25, 0.3) is 0 Å². The van der Waals surface area contributed by atoms with Crippen molar-refractivity contribution in [2.24, 2.45) is 0 Å². The van der Waals surface area contributed by atoms with Crippen molar-refractivity contribution >= 4 is 34.8 Å². The van der Waals surface area contributed by atoms with Gasteiger partial charge in [-0.1, -0.05) is 36.9 Å². The Kier molecular flexibility index (Phi) is 6.93. The van der Waals surface area contributed by atoms with Gasteiger partial charge in [-0.25, -0.2) is 0 Å². The maximum absolute atomic E-state index is 12.3. The second-order valence-electron chi connectivity index (χ2n) is 7.12. The number of anilines is 2. The van der Waals surface area contributed by atoms with Crippen LogP contribution < -0.4 is 15.4 Å². The highest BCUT2D eigenvalue weighted by molar-refractivity contribution is 6.30. The Labute approximate surface area is 170 Å². The van der Waals surface area contributed by atoms with E-state index >= 15 is 0 Å². The van der Waals surface area contributed by atoms with Gasteiger partial charge in [-0.3, -0.25) is 9.59 Å². The van der Waals surface area contributed by atoms with Gasteiger partial charge in [-0.15, -0.1) is 0 Å². The fourth-order valence-electron chi connectivity index (χ4n) is 3.60. The van der Waals surface area contributed by atoms with E-state index in [9.17, 15) is 9.59 Å². The van der Waals surface area contributed by atoms with Gasteiger partial charge in [0.1, 0.15) is 5.75 Å². The van der Waals surface area contributed by atoms with Crippen molar-refractivity contribution in [3.05, 3.63) is 53.1 Å². The Morgan fingerprint density at radius 1 is 1.04 bits per heavy atom. The Bertz CT molecular complexity index is 847. The normalized spacial score (nSPS) is 14.4. The zero-order valence-corrected chi connectivity index (χ0v) is 16.7. The fourth-order valence-corrected chi connectivity index (χ4v) is 3.78. The molecule has 0 heterocycles. The summed E-state index contributed by atoms with van der Waals surface area (Å²) >= 11 is 6.19. The molecule has 0 spiro atoms. The molecule has 0 unspecified atom stereocenters. The van der Waals surface area contributed by atoms with Crippen molar-refractivity contribution in [2.75, 3.05) is 17.2 Å². The van der Waals surface area contributed by atoms with Crippen LogP contribution in [0.3, 0.4) is 0 Å². The molecule has 0 bridgehead atoms. The SMILES string of the molecule is CC(=O)Nc1cccc(NC(=O)COc2ccc(Cl)cc2C2CCCCC2)c1. The lowest BCUT2D eigenvalue weighted by Gasteiger charge is -2.24. The van der Waals surface area contributed by atoms with Crippen LogP contribution in [-0.4, -0.2) is 18.4 Å². The average Bonchev–Trinajstić information content (AvgIpc) is 2.67.